The third-order valence-electron chi connectivity index (χ3n) is 2.75. The van der Waals surface area contributed by atoms with Crippen LogP contribution >= 0.6 is 0 Å². The summed E-state index contributed by atoms with van der Waals surface area (Å²) in [5.41, 5.74) is -2.09. The Morgan fingerprint density at radius 2 is 2.10 bits per heavy atom. The average molecular weight is 307 g/mol. The molecule has 0 spiro atoms. The van der Waals surface area contributed by atoms with Gasteiger partial charge in [0.1, 0.15) is 6.54 Å². The van der Waals surface area contributed by atoms with Crippen LogP contribution in [0.3, 0.4) is 0 Å². The van der Waals surface area contributed by atoms with E-state index in [0.717, 1.165) is 16.9 Å². The Morgan fingerprint density at radius 1 is 1.48 bits per heavy atom. The normalized spacial score (nSPS) is 15.0. The first kappa shape index (κ1) is 17.5. The lowest BCUT2D eigenvalue weighted by Gasteiger charge is -2.25. The smallest absolute Gasteiger partial charge is 0.388 e. The number of halogens is 3. The van der Waals surface area contributed by atoms with Crippen LogP contribution < -0.4 is 5.32 Å². The van der Waals surface area contributed by atoms with Crippen molar-refractivity contribution in [3.63, 3.8) is 0 Å². The van der Waals surface area contributed by atoms with Crippen molar-refractivity contribution < 1.29 is 23.1 Å². The molecule has 1 atom stereocenters. The lowest BCUT2D eigenvalue weighted by atomic mass is 9.94. The molecular formula is C13H20F3N3O2. The molecule has 0 aliphatic carbocycles. The summed E-state index contributed by atoms with van der Waals surface area (Å²) in [7, 11) is 0. The Hall–Kier alpha value is -1.57. The van der Waals surface area contributed by atoms with Gasteiger partial charge in [0.25, 0.3) is 0 Å². The number of nitrogens with one attached hydrogen (secondary N) is 1. The van der Waals surface area contributed by atoms with Crippen LogP contribution in [0.2, 0.25) is 0 Å². The number of amides is 1. The number of nitrogens with zero attached hydrogens (tertiary/aromatic N) is 2. The van der Waals surface area contributed by atoms with Gasteiger partial charge in [-0.3, -0.25) is 9.48 Å². The largest absolute Gasteiger partial charge is 0.435 e. The van der Waals surface area contributed by atoms with Crippen LogP contribution in [-0.2, 0) is 17.5 Å². The molecule has 1 rings (SSSR count). The molecule has 120 valence electrons. The summed E-state index contributed by atoms with van der Waals surface area (Å²) >= 11 is 0. The van der Waals surface area contributed by atoms with E-state index in [9.17, 15) is 23.1 Å². The van der Waals surface area contributed by atoms with Gasteiger partial charge in [-0.2, -0.15) is 18.3 Å². The van der Waals surface area contributed by atoms with E-state index in [0.29, 0.717) is 6.42 Å². The summed E-state index contributed by atoms with van der Waals surface area (Å²) in [6.07, 6.45) is -2.93. The molecule has 1 aromatic heterocycles. The summed E-state index contributed by atoms with van der Waals surface area (Å²) in [6.45, 7) is 5.20. The topological polar surface area (TPSA) is 67.2 Å². The highest BCUT2D eigenvalue weighted by atomic mass is 19.4. The molecule has 0 fully saturated rings. The number of carbonyl (C=O) groups excluding carboxylic acids is 1. The summed E-state index contributed by atoms with van der Waals surface area (Å²) in [6, 6.07) is 0.808. The lowest BCUT2D eigenvalue weighted by Crippen LogP contribution is -2.42. The zero-order valence-electron chi connectivity index (χ0n) is 12.2. The first-order valence-electron chi connectivity index (χ1n) is 6.59. The van der Waals surface area contributed by atoms with E-state index >= 15 is 0 Å². The first-order chi connectivity index (χ1) is 9.49. The van der Waals surface area contributed by atoms with Gasteiger partial charge in [-0.05, 0) is 25.3 Å². The van der Waals surface area contributed by atoms with Crippen LogP contribution in [0, 0.1) is 5.92 Å². The number of aliphatic hydroxyl groups is 1. The fourth-order valence-electron chi connectivity index (χ4n) is 2.04. The van der Waals surface area contributed by atoms with E-state index < -0.39 is 23.4 Å². The summed E-state index contributed by atoms with van der Waals surface area (Å²) in [5.74, 6) is -0.242. The molecule has 0 saturated heterocycles. The van der Waals surface area contributed by atoms with Crippen LogP contribution in [0.15, 0.2) is 12.3 Å². The van der Waals surface area contributed by atoms with Crippen LogP contribution in [0.4, 0.5) is 13.2 Å². The number of alkyl halides is 3. The third-order valence-corrected chi connectivity index (χ3v) is 2.75. The van der Waals surface area contributed by atoms with Crippen molar-refractivity contribution in [1.82, 2.24) is 15.1 Å². The van der Waals surface area contributed by atoms with Crippen molar-refractivity contribution >= 4 is 5.91 Å². The van der Waals surface area contributed by atoms with Gasteiger partial charge in [-0.15, -0.1) is 0 Å². The van der Waals surface area contributed by atoms with Gasteiger partial charge in [0.05, 0.1) is 5.60 Å². The second-order valence-electron chi connectivity index (χ2n) is 5.77. The van der Waals surface area contributed by atoms with Crippen molar-refractivity contribution in [2.75, 3.05) is 6.54 Å². The molecule has 0 aromatic carbocycles. The SMILES string of the molecule is CC(C)CC(C)(O)CNC(=O)Cn1ccc(C(F)(F)F)n1. The van der Waals surface area contributed by atoms with Gasteiger partial charge in [0, 0.05) is 12.7 Å². The molecule has 1 amide bonds. The Kier molecular flexibility index (Phi) is 5.38. The molecule has 8 heteroatoms. The lowest BCUT2D eigenvalue weighted by molar-refractivity contribution is -0.141. The Balaban J connectivity index is 2.49. The monoisotopic (exact) mass is 307 g/mol. The fraction of sp³-hybridized carbons (Fsp3) is 0.692. The Morgan fingerprint density at radius 3 is 2.57 bits per heavy atom. The summed E-state index contributed by atoms with van der Waals surface area (Å²) < 4.78 is 38.0. The molecule has 0 aliphatic rings. The van der Waals surface area contributed by atoms with Crippen molar-refractivity contribution in [2.24, 2.45) is 5.92 Å². The number of hydrogen-bond donors (Lipinski definition) is 2. The van der Waals surface area contributed by atoms with Crippen LogP contribution in [0.1, 0.15) is 32.9 Å². The van der Waals surface area contributed by atoms with Crippen molar-refractivity contribution in [2.45, 2.75) is 45.5 Å². The van der Waals surface area contributed by atoms with Crippen LogP contribution in [0.5, 0.6) is 0 Å². The maximum absolute atomic E-state index is 12.4. The molecule has 0 bridgehead atoms. The number of carbonyl (C=O) groups is 1. The third kappa shape index (κ3) is 6.16. The second-order valence-corrected chi connectivity index (χ2v) is 5.77. The molecule has 1 heterocycles. The maximum Gasteiger partial charge on any atom is 0.435 e. The van der Waals surface area contributed by atoms with Crippen molar-refractivity contribution in [3.05, 3.63) is 18.0 Å². The quantitative estimate of drug-likeness (QED) is 0.842. The summed E-state index contributed by atoms with van der Waals surface area (Å²) in [4.78, 5) is 11.6. The average Bonchev–Trinajstić information content (AvgIpc) is 2.73. The fourth-order valence-corrected chi connectivity index (χ4v) is 2.04. The highest BCUT2D eigenvalue weighted by Gasteiger charge is 2.33. The minimum Gasteiger partial charge on any atom is -0.388 e. The van der Waals surface area contributed by atoms with E-state index in [4.69, 9.17) is 0 Å². The van der Waals surface area contributed by atoms with E-state index in [2.05, 4.69) is 10.4 Å². The summed E-state index contributed by atoms with van der Waals surface area (Å²) in [5, 5.41) is 15.8. The maximum atomic E-state index is 12.4. The van der Waals surface area contributed by atoms with Crippen molar-refractivity contribution in [3.8, 4) is 0 Å². The molecule has 0 radical (unpaired) electrons. The van der Waals surface area contributed by atoms with E-state index in [1.807, 2.05) is 13.8 Å². The van der Waals surface area contributed by atoms with E-state index in [-0.39, 0.29) is 19.0 Å². The van der Waals surface area contributed by atoms with Gasteiger partial charge in [-0.1, -0.05) is 13.8 Å². The Bertz CT molecular complexity index is 481. The minimum atomic E-state index is -4.53. The Labute approximate surface area is 121 Å². The molecule has 0 saturated carbocycles. The van der Waals surface area contributed by atoms with Crippen LogP contribution in [-0.4, -0.2) is 32.9 Å². The molecule has 21 heavy (non-hydrogen) atoms. The second kappa shape index (κ2) is 6.46. The minimum absolute atomic E-state index is 0.0391. The highest BCUT2D eigenvalue weighted by molar-refractivity contribution is 5.75. The molecular weight excluding hydrogens is 287 g/mol. The van der Waals surface area contributed by atoms with Gasteiger partial charge in [0.2, 0.25) is 5.91 Å². The molecule has 1 unspecified atom stereocenters. The molecule has 2 N–H and O–H groups in total. The van der Waals surface area contributed by atoms with Gasteiger partial charge >= 0.3 is 6.18 Å². The zero-order chi connectivity index (χ0) is 16.3. The van der Waals surface area contributed by atoms with E-state index in [1.165, 1.54) is 0 Å². The molecule has 1 aromatic rings. The van der Waals surface area contributed by atoms with Gasteiger partial charge < -0.3 is 10.4 Å². The standard InChI is InChI=1S/C13H20F3N3O2/c1-9(2)6-12(3,21)8-17-11(20)7-19-5-4-10(18-19)13(14,15)16/h4-5,9,21H,6-8H2,1-3H3,(H,17,20). The molecule has 5 nitrogen and oxygen atoms in total. The number of rotatable bonds is 6. The number of hydrogen-bond acceptors (Lipinski definition) is 3. The van der Waals surface area contributed by atoms with Gasteiger partial charge in [-0.25, -0.2) is 0 Å². The van der Waals surface area contributed by atoms with Crippen LogP contribution in [0.25, 0.3) is 0 Å². The van der Waals surface area contributed by atoms with Crippen molar-refractivity contribution in [1.29, 1.82) is 0 Å². The highest BCUT2D eigenvalue weighted by Crippen LogP contribution is 2.27. The first-order valence-corrected chi connectivity index (χ1v) is 6.59. The molecule has 0 aliphatic heterocycles. The zero-order valence-corrected chi connectivity index (χ0v) is 12.2. The van der Waals surface area contributed by atoms with Gasteiger partial charge in [0.15, 0.2) is 5.69 Å². The predicted molar refractivity (Wildman–Crippen MR) is 70.3 cm³/mol. The predicted octanol–water partition coefficient (Wildman–Crippen LogP) is 1.82. The number of aromatic nitrogens is 2. The van der Waals surface area contributed by atoms with E-state index in [1.54, 1.807) is 6.92 Å².